The molecule has 0 radical (unpaired) electrons. The molecule has 0 amide bonds. The van der Waals surface area contributed by atoms with Crippen LogP contribution >= 0.6 is 11.3 Å². The highest BCUT2D eigenvalue weighted by molar-refractivity contribution is 7.18. The minimum absolute atomic E-state index is 0.589. The van der Waals surface area contributed by atoms with Crippen LogP contribution in [0, 0.1) is 27.7 Å². The monoisotopic (exact) mass is 314 g/mol. The summed E-state index contributed by atoms with van der Waals surface area (Å²) in [4.78, 5) is 11.2. The number of thiophene rings is 1. The Morgan fingerprint density at radius 1 is 1.00 bits per heavy atom. The highest BCUT2D eigenvalue weighted by Crippen LogP contribution is 2.38. The van der Waals surface area contributed by atoms with Gasteiger partial charge in [-0.05, 0) is 51.0 Å². The van der Waals surface area contributed by atoms with Crippen LogP contribution in [0.25, 0.3) is 10.2 Å². The number of rotatable bonds is 3. The minimum atomic E-state index is 0.589. The van der Waals surface area contributed by atoms with Crippen molar-refractivity contribution < 1.29 is 9.47 Å². The Morgan fingerprint density at radius 2 is 1.77 bits per heavy atom. The number of fused-ring (bicyclic) bond motifs is 1. The molecule has 0 N–H and O–H groups in total. The van der Waals surface area contributed by atoms with E-state index >= 15 is 0 Å². The van der Waals surface area contributed by atoms with E-state index in [1.807, 2.05) is 32.0 Å². The second-order valence-electron chi connectivity index (χ2n) is 5.30. The molecular formula is C17H18N2O2S. The van der Waals surface area contributed by atoms with Crippen molar-refractivity contribution in [2.45, 2.75) is 27.7 Å². The normalized spacial score (nSPS) is 11.0. The molecule has 2 aromatic heterocycles. The lowest BCUT2D eigenvalue weighted by atomic mass is 10.2. The van der Waals surface area contributed by atoms with Gasteiger partial charge in [0.1, 0.15) is 10.7 Å². The Bertz CT molecular complexity index is 855. The number of aryl methyl sites for hydroxylation is 4. The van der Waals surface area contributed by atoms with Gasteiger partial charge in [-0.2, -0.15) is 4.98 Å². The number of hydrogen-bond donors (Lipinski definition) is 0. The Balaban J connectivity index is 2.15. The van der Waals surface area contributed by atoms with Crippen LogP contribution in [0.3, 0.4) is 0 Å². The van der Waals surface area contributed by atoms with Crippen LogP contribution in [0.4, 0.5) is 0 Å². The molecule has 0 aliphatic rings. The highest BCUT2D eigenvalue weighted by Gasteiger charge is 2.16. The largest absolute Gasteiger partial charge is 0.493 e. The molecule has 4 nitrogen and oxygen atoms in total. The van der Waals surface area contributed by atoms with E-state index in [2.05, 4.69) is 23.8 Å². The fourth-order valence-corrected chi connectivity index (χ4v) is 3.42. The molecule has 0 spiro atoms. The second kappa shape index (κ2) is 5.57. The van der Waals surface area contributed by atoms with Crippen LogP contribution in [0.1, 0.15) is 21.8 Å². The van der Waals surface area contributed by atoms with E-state index in [1.54, 1.807) is 18.4 Å². The first-order valence-electron chi connectivity index (χ1n) is 7.06. The molecule has 0 saturated heterocycles. The van der Waals surface area contributed by atoms with Gasteiger partial charge in [0.05, 0.1) is 12.5 Å². The van der Waals surface area contributed by atoms with E-state index in [4.69, 9.17) is 9.47 Å². The third kappa shape index (κ3) is 2.52. The number of methoxy groups -OCH3 is 1. The van der Waals surface area contributed by atoms with Crippen molar-refractivity contribution >= 4 is 21.6 Å². The molecule has 114 valence electrons. The summed E-state index contributed by atoms with van der Waals surface area (Å²) in [6.07, 6.45) is 0. The smallest absolute Gasteiger partial charge is 0.231 e. The summed E-state index contributed by atoms with van der Waals surface area (Å²) < 4.78 is 11.5. The van der Waals surface area contributed by atoms with E-state index in [0.717, 1.165) is 15.8 Å². The van der Waals surface area contributed by atoms with Gasteiger partial charge in [-0.25, -0.2) is 4.98 Å². The second-order valence-corrected chi connectivity index (χ2v) is 6.50. The van der Waals surface area contributed by atoms with Crippen molar-refractivity contribution in [2.24, 2.45) is 0 Å². The van der Waals surface area contributed by atoms with Gasteiger partial charge in [-0.1, -0.05) is 6.07 Å². The number of ether oxygens (including phenoxy) is 2. The average Bonchev–Trinajstić information content (AvgIpc) is 2.75. The predicted octanol–water partition coefficient (Wildman–Crippen LogP) is 4.73. The van der Waals surface area contributed by atoms with Crippen molar-refractivity contribution in [3.63, 3.8) is 0 Å². The fourth-order valence-electron chi connectivity index (χ4n) is 2.35. The van der Waals surface area contributed by atoms with Crippen molar-refractivity contribution in [3.05, 3.63) is 40.0 Å². The Hall–Kier alpha value is -2.14. The van der Waals surface area contributed by atoms with Gasteiger partial charge in [0.25, 0.3) is 0 Å². The first-order chi connectivity index (χ1) is 10.5. The van der Waals surface area contributed by atoms with Gasteiger partial charge < -0.3 is 9.47 Å². The maximum absolute atomic E-state index is 6.07. The van der Waals surface area contributed by atoms with E-state index in [0.29, 0.717) is 23.2 Å². The molecule has 3 aromatic rings. The summed E-state index contributed by atoms with van der Waals surface area (Å²) in [5.74, 6) is 2.66. The molecule has 22 heavy (non-hydrogen) atoms. The number of aromatic nitrogens is 2. The van der Waals surface area contributed by atoms with Crippen LogP contribution in [0.5, 0.6) is 17.4 Å². The van der Waals surface area contributed by atoms with Crippen molar-refractivity contribution in [3.8, 4) is 17.4 Å². The molecule has 3 rings (SSSR count). The van der Waals surface area contributed by atoms with Gasteiger partial charge in [0, 0.05) is 4.88 Å². The third-order valence-corrected chi connectivity index (χ3v) is 4.73. The maximum Gasteiger partial charge on any atom is 0.231 e. The van der Waals surface area contributed by atoms with E-state index in [-0.39, 0.29) is 0 Å². The molecule has 1 aromatic carbocycles. The fraction of sp³-hybridized carbons (Fsp3) is 0.294. The van der Waals surface area contributed by atoms with Crippen LogP contribution in [-0.4, -0.2) is 17.1 Å². The third-order valence-electron chi connectivity index (χ3n) is 3.63. The van der Waals surface area contributed by atoms with E-state index in [9.17, 15) is 0 Å². The van der Waals surface area contributed by atoms with Crippen molar-refractivity contribution in [2.75, 3.05) is 7.11 Å². The van der Waals surface area contributed by atoms with Gasteiger partial charge >= 0.3 is 0 Å². The molecule has 0 unspecified atom stereocenters. The lowest BCUT2D eigenvalue weighted by Gasteiger charge is -2.11. The predicted molar refractivity (Wildman–Crippen MR) is 89.4 cm³/mol. The van der Waals surface area contributed by atoms with Crippen LogP contribution in [-0.2, 0) is 0 Å². The topological polar surface area (TPSA) is 44.2 Å². The SMILES string of the molecule is COc1cc(C)ccc1Oc1nc(C)nc2sc(C)c(C)c12. The quantitative estimate of drug-likeness (QED) is 0.701. The van der Waals surface area contributed by atoms with E-state index in [1.165, 1.54) is 10.4 Å². The summed E-state index contributed by atoms with van der Waals surface area (Å²) in [7, 11) is 1.64. The van der Waals surface area contributed by atoms with E-state index < -0.39 is 0 Å². The molecule has 0 bridgehead atoms. The lowest BCUT2D eigenvalue weighted by Crippen LogP contribution is -1.96. The Kier molecular flexibility index (Phi) is 3.74. The van der Waals surface area contributed by atoms with Crippen LogP contribution in [0.15, 0.2) is 18.2 Å². The molecule has 0 aliphatic heterocycles. The molecule has 0 atom stereocenters. The zero-order chi connectivity index (χ0) is 15.9. The van der Waals surface area contributed by atoms with Gasteiger partial charge in [-0.15, -0.1) is 11.3 Å². The van der Waals surface area contributed by atoms with Crippen molar-refractivity contribution in [1.82, 2.24) is 9.97 Å². The Morgan fingerprint density at radius 3 is 2.50 bits per heavy atom. The number of benzene rings is 1. The first kappa shape index (κ1) is 14.8. The average molecular weight is 314 g/mol. The molecule has 0 saturated carbocycles. The van der Waals surface area contributed by atoms with Crippen LogP contribution < -0.4 is 9.47 Å². The van der Waals surface area contributed by atoms with Gasteiger partial charge in [-0.3, -0.25) is 0 Å². The Labute approximate surface area is 133 Å². The molecular weight excluding hydrogens is 296 g/mol. The minimum Gasteiger partial charge on any atom is -0.493 e. The summed E-state index contributed by atoms with van der Waals surface area (Å²) in [5, 5.41) is 0.982. The summed E-state index contributed by atoms with van der Waals surface area (Å²) in [5.41, 5.74) is 2.29. The zero-order valence-corrected chi connectivity index (χ0v) is 14.2. The summed E-state index contributed by atoms with van der Waals surface area (Å²) >= 11 is 1.67. The number of nitrogens with zero attached hydrogens (tertiary/aromatic N) is 2. The lowest BCUT2D eigenvalue weighted by molar-refractivity contribution is 0.375. The van der Waals surface area contributed by atoms with Gasteiger partial charge in [0.2, 0.25) is 5.88 Å². The van der Waals surface area contributed by atoms with Crippen molar-refractivity contribution in [1.29, 1.82) is 0 Å². The van der Waals surface area contributed by atoms with Crippen LogP contribution in [0.2, 0.25) is 0 Å². The zero-order valence-electron chi connectivity index (χ0n) is 13.4. The standard InChI is InChI=1S/C17H18N2O2S/c1-9-6-7-13(14(8-9)20-5)21-16-15-10(2)11(3)22-17(15)19-12(4)18-16/h6-8H,1-5H3. The summed E-state index contributed by atoms with van der Waals surface area (Å²) in [6, 6.07) is 5.85. The number of hydrogen-bond acceptors (Lipinski definition) is 5. The first-order valence-corrected chi connectivity index (χ1v) is 7.88. The molecule has 2 heterocycles. The molecule has 5 heteroatoms. The van der Waals surface area contributed by atoms with Gasteiger partial charge in [0.15, 0.2) is 11.5 Å². The summed E-state index contributed by atoms with van der Waals surface area (Å²) in [6.45, 7) is 8.06. The highest BCUT2D eigenvalue weighted by atomic mass is 32.1. The molecule has 0 aliphatic carbocycles. The molecule has 0 fully saturated rings. The maximum atomic E-state index is 6.07.